The summed E-state index contributed by atoms with van der Waals surface area (Å²) in [7, 11) is 0. The van der Waals surface area contributed by atoms with Crippen molar-refractivity contribution in [1.82, 2.24) is 5.32 Å². The molecule has 2 N–H and O–H groups in total. The minimum atomic E-state index is -0.181. The first-order valence-corrected chi connectivity index (χ1v) is 6.47. The fourth-order valence-electron chi connectivity index (χ4n) is 1.54. The van der Waals surface area contributed by atoms with Crippen LogP contribution >= 0.6 is 0 Å². The topological polar surface area (TPSA) is 49.3 Å². The Kier molecular flexibility index (Phi) is 5.59. The highest BCUT2D eigenvalue weighted by Gasteiger charge is 2.14. The summed E-state index contributed by atoms with van der Waals surface area (Å²) in [6, 6.07) is 5.61. The average Bonchev–Trinajstić information content (AvgIpc) is 2.37. The van der Waals surface area contributed by atoms with Gasteiger partial charge >= 0.3 is 0 Å². The minimum Gasteiger partial charge on any atom is -0.384 e. The van der Waals surface area contributed by atoms with Gasteiger partial charge in [-0.2, -0.15) is 0 Å². The van der Waals surface area contributed by atoms with Crippen LogP contribution in [0.4, 0.5) is 0 Å². The zero-order chi connectivity index (χ0) is 14.4. The fourth-order valence-corrected chi connectivity index (χ4v) is 1.54. The smallest absolute Gasteiger partial charge is 0.251 e. The molecule has 1 rings (SSSR count). The second-order valence-electron chi connectivity index (χ2n) is 5.00. The molecular weight excluding hydrogens is 238 g/mol. The molecule has 1 unspecified atom stereocenters. The van der Waals surface area contributed by atoms with Crippen LogP contribution in [-0.4, -0.2) is 23.7 Å². The highest BCUT2D eigenvalue weighted by molar-refractivity contribution is 5.96. The first-order chi connectivity index (χ1) is 8.95. The van der Waals surface area contributed by atoms with E-state index in [2.05, 4.69) is 31.0 Å². The number of rotatable bonds is 3. The van der Waals surface area contributed by atoms with E-state index < -0.39 is 0 Å². The lowest BCUT2D eigenvalue weighted by atomic mass is 10.0. The Balaban J connectivity index is 2.95. The zero-order valence-electron chi connectivity index (χ0n) is 11.9. The molecule has 102 valence electrons. The predicted molar refractivity (Wildman–Crippen MR) is 76.9 cm³/mol. The number of carbonyl (C=O) groups excluding carboxylic acids is 1. The van der Waals surface area contributed by atoms with Gasteiger partial charge < -0.3 is 10.4 Å². The number of amides is 1. The van der Waals surface area contributed by atoms with Crippen LogP contribution in [0.3, 0.4) is 0 Å². The van der Waals surface area contributed by atoms with Crippen LogP contribution in [-0.2, 0) is 0 Å². The zero-order valence-corrected chi connectivity index (χ0v) is 11.9. The standard InChI is InChI=1S/C16H21NO2/c1-11(2)13(4)17-16(19)15-10-14(6-5-9-18)8-7-12(15)3/h7-8,10-11,13,18H,9H2,1-4H3,(H,17,19). The van der Waals surface area contributed by atoms with Crippen LogP contribution in [0.15, 0.2) is 18.2 Å². The Morgan fingerprint density at radius 3 is 2.63 bits per heavy atom. The molecule has 0 fully saturated rings. The van der Waals surface area contributed by atoms with E-state index in [1.807, 2.05) is 26.0 Å². The number of nitrogens with one attached hydrogen (secondary N) is 1. The van der Waals surface area contributed by atoms with Gasteiger partial charge in [-0.1, -0.05) is 31.8 Å². The monoisotopic (exact) mass is 259 g/mol. The predicted octanol–water partition coefficient (Wildman–Crippen LogP) is 2.11. The number of carbonyl (C=O) groups is 1. The summed E-state index contributed by atoms with van der Waals surface area (Å²) in [4.78, 5) is 12.2. The maximum Gasteiger partial charge on any atom is 0.251 e. The molecule has 1 aromatic carbocycles. The number of aryl methyl sites for hydroxylation is 1. The summed E-state index contributed by atoms with van der Waals surface area (Å²) in [5.74, 6) is 5.71. The van der Waals surface area contributed by atoms with E-state index in [1.54, 1.807) is 6.07 Å². The Bertz CT molecular complexity index is 509. The van der Waals surface area contributed by atoms with Gasteiger partial charge in [0, 0.05) is 17.2 Å². The summed E-state index contributed by atoms with van der Waals surface area (Å²) in [6.45, 7) is 7.85. The van der Waals surface area contributed by atoms with Crippen molar-refractivity contribution >= 4 is 5.91 Å². The Labute approximate surface area is 115 Å². The van der Waals surface area contributed by atoms with Gasteiger partial charge in [-0.05, 0) is 37.5 Å². The molecule has 0 saturated carbocycles. The molecule has 0 aliphatic rings. The molecule has 0 aliphatic carbocycles. The Morgan fingerprint density at radius 2 is 2.05 bits per heavy atom. The van der Waals surface area contributed by atoms with Gasteiger partial charge in [0.2, 0.25) is 0 Å². The van der Waals surface area contributed by atoms with E-state index in [-0.39, 0.29) is 18.6 Å². The van der Waals surface area contributed by atoms with E-state index in [0.29, 0.717) is 11.5 Å². The second-order valence-corrected chi connectivity index (χ2v) is 5.00. The molecule has 0 spiro atoms. The third-order valence-electron chi connectivity index (χ3n) is 3.15. The molecule has 3 nitrogen and oxygen atoms in total. The van der Waals surface area contributed by atoms with E-state index in [9.17, 15) is 4.79 Å². The van der Waals surface area contributed by atoms with Crippen molar-refractivity contribution in [2.45, 2.75) is 33.7 Å². The van der Waals surface area contributed by atoms with Crippen molar-refractivity contribution < 1.29 is 9.90 Å². The molecule has 1 aromatic rings. The van der Waals surface area contributed by atoms with Gasteiger partial charge in [-0.3, -0.25) is 4.79 Å². The van der Waals surface area contributed by atoms with Gasteiger partial charge in [0.25, 0.3) is 5.91 Å². The fraction of sp³-hybridized carbons (Fsp3) is 0.438. The van der Waals surface area contributed by atoms with Crippen LogP contribution < -0.4 is 5.32 Å². The maximum absolute atomic E-state index is 12.2. The lowest BCUT2D eigenvalue weighted by Crippen LogP contribution is -2.36. The number of hydrogen-bond acceptors (Lipinski definition) is 2. The average molecular weight is 259 g/mol. The number of hydrogen-bond donors (Lipinski definition) is 2. The molecule has 0 aromatic heterocycles. The SMILES string of the molecule is Cc1ccc(C#CCO)cc1C(=O)NC(C)C(C)C. The molecule has 0 heterocycles. The summed E-state index contributed by atoms with van der Waals surface area (Å²) in [5, 5.41) is 11.7. The van der Waals surface area contributed by atoms with Gasteiger partial charge in [0.1, 0.15) is 6.61 Å². The lowest BCUT2D eigenvalue weighted by molar-refractivity contribution is 0.0930. The van der Waals surface area contributed by atoms with E-state index in [1.165, 1.54) is 0 Å². The summed E-state index contributed by atoms with van der Waals surface area (Å²) < 4.78 is 0. The van der Waals surface area contributed by atoms with Crippen molar-refractivity contribution in [2.75, 3.05) is 6.61 Å². The highest BCUT2D eigenvalue weighted by Crippen LogP contribution is 2.12. The Hall–Kier alpha value is -1.79. The van der Waals surface area contributed by atoms with Crippen LogP contribution in [0.1, 0.15) is 42.3 Å². The van der Waals surface area contributed by atoms with Crippen molar-refractivity contribution in [1.29, 1.82) is 0 Å². The molecular formula is C16H21NO2. The molecule has 0 aliphatic heterocycles. The number of aliphatic hydroxyl groups is 1. The molecule has 19 heavy (non-hydrogen) atoms. The normalized spacial score (nSPS) is 11.7. The lowest BCUT2D eigenvalue weighted by Gasteiger charge is -2.18. The Morgan fingerprint density at radius 1 is 1.37 bits per heavy atom. The van der Waals surface area contributed by atoms with Crippen LogP contribution in [0.5, 0.6) is 0 Å². The van der Waals surface area contributed by atoms with Crippen LogP contribution in [0.2, 0.25) is 0 Å². The maximum atomic E-state index is 12.2. The van der Waals surface area contributed by atoms with Crippen molar-refractivity contribution in [3.63, 3.8) is 0 Å². The van der Waals surface area contributed by atoms with Crippen LogP contribution in [0, 0.1) is 24.7 Å². The van der Waals surface area contributed by atoms with Gasteiger partial charge in [-0.15, -0.1) is 0 Å². The third kappa shape index (κ3) is 4.42. The molecule has 0 bridgehead atoms. The number of benzene rings is 1. The molecule has 1 amide bonds. The molecule has 1 atom stereocenters. The van der Waals surface area contributed by atoms with Crippen molar-refractivity contribution in [2.24, 2.45) is 5.92 Å². The largest absolute Gasteiger partial charge is 0.384 e. The van der Waals surface area contributed by atoms with Gasteiger partial charge in [-0.25, -0.2) is 0 Å². The van der Waals surface area contributed by atoms with Gasteiger partial charge in [0.05, 0.1) is 0 Å². The first-order valence-electron chi connectivity index (χ1n) is 6.47. The van der Waals surface area contributed by atoms with Crippen molar-refractivity contribution in [3.8, 4) is 11.8 Å². The minimum absolute atomic E-state index is 0.0775. The molecule has 3 heteroatoms. The molecule has 0 saturated heterocycles. The first kappa shape index (κ1) is 15.3. The number of aliphatic hydroxyl groups excluding tert-OH is 1. The summed E-state index contributed by atoms with van der Waals surface area (Å²) in [5.41, 5.74) is 2.29. The second kappa shape index (κ2) is 6.96. The molecule has 0 radical (unpaired) electrons. The van der Waals surface area contributed by atoms with Crippen molar-refractivity contribution in [3.05, 3.63) is 34.9 Å². The van der Waals surface area contributed by atoms with Gasteiger partial charge in [0.15, 0.2) is 0 Å². The van der Waals surface area contributed by atoms with Crippen LogP contribution in [0.25, 0.3) is 0 Å². The van der Waals surface area contributed by atoms with E-state index in [4.69, 9.17) is 5.11 Å². The highest BCUT2D eigenvalue weighted by atomic mass is 16.2. The quantitative estimate of drug-likeness (QED) is 0.817. The van der Waals surface area contributed by atoms with E-state index in [0.717, 1.165) is 11.1 Å². The van der Waals surface area contributed by atoms with E-state index >= 15 is 0 Å². The third-order valence-corrected chi connectivity index (χ3v) is 3.15. The summed E-state index contributed by atoms with van der Waals surface area (Å²) >= 11 is 0. The summed E-state index contributed by atoms with van der Waals surface area (Å²) in [6.07, 6.45) is 0.